The van der Waals surface area contributed by atoms with Gasteiger partial charge in [-0.2, -0.15) is 0 Å². The second-order valence-corrected chi connectivity index (χ2v) is 4.21. The Morgan fingerprint density at radius 3 is 2.69 bits per heavy atom. The van der Waals surface area contributed by atoms with Crippen molar-refractivity contribution in [3.63, 3.8) is 0 Å². The highest BCUT2D eigenvalue weighted by Gasteiger charge is 2.12. The molecule has 16 heavy (non-hydrogen) atoms. The molecule has 90 valence electrons. The van der Waals surface area contributed by atoms with Crippen LogP contribution >= 0.6 is 0 Å². The van der Waals surface area contributed by atoms with Crippen LogP contribution in [0.25, 0.3) is 0 Å². The molecular formula is C14H23NO. The topological polar surface area (TPSA) is 21.3 Å². The van der Waals surface area contributed by atoms with Crippen LogP contribution in [0.2, 0.25) is 0 Å². The Morgan fingerprint density at radius 2 is 2.06 bits per heavy atom. The number of ether oxygens (including phenoxy) is 1. The molecule has 0 saturated heterocycles. The minimum absolute atomic E-state index is 0.298. The molecule has 0 radical (unpaired) electrons. The normalized spacial score (nSPS) is 12.8. The zero-order valence-electron chi connectivity index (χ0n) is 10.8. The summed E-state index contributed by atoms with van der Waals surface area (Å²) < 4.78 is 5.62. The van der Waals surface area contributed by atoms with Crippen molar-refractivity contribution >= 4 is 0 Å². The molecule has 0 fully saturated rings. The first-order valence-electron chi connectivity index (χ1n) is 6.01. The smallest absolute Gasteiger partial charge is 0.0661 e. The van der Waals surface area contributed by atoms with Crippen molar-refractivity contribution in [3.8, 4) is 0 Å². The summed E-state index contributed by atoms with van der Waals surface area (Å²) in [4.78, 5) is 0. The minimum atomic E-state index is 0.298. The molecule has 0 aliphatic rings. The number of rotatable bonds is 6. The zero-order valence-corrected chi connectivity index (χ0v) is 10.8. The predicted molar refractivity (Wildman–Crippen MR) is 68.8 cm³/mol. The summed E-state index contributed by atoms with van der Waals surface area (Å²) in [5.41, 5.74) is 4.05. The maximum atomic E-state index is 5.62. The van der Waals surface area contributed by atoms with E-state index in [0.29, 0.717) is 6.04 Å². The number of hydrogen-bond donors (Lipinski definition) is 1. The van der Waals surface area contributed by atoms with Crippen molar-refractivity contribution in [2.75, 3.05) is 20.3 Å². The minimum Gasteiger partial charge on any atom is -0.379 e. The number of nitrogens with one attached hydrogen (secondary N) is 1. The molecule has 0 aliphatic heterocycles. The largest absolute Gasteiger partial charge is 0.379 e. The highest BCUT2D eigenvalue weighted by Crippen LogP contribution is 2.20. The van der Waals surface area contributed by atoms with Gasteiger partial charge < -0.3 is 10.1 Å². The van der Waals surface area contributed by atoms with E-state index >= 15 is 0 Å². The average Bonchev–Trinajstić information content (AvgIpc) is 2.29. The maximum absolute atomic E-state index is 5.62. The van der Waals surface area contributed by atoms with Gasteiger partial charge in [0.2, 0.25) is 0 Å². The molecule has 0 amide bonds. The quantitative estimate of drug-likeness (QED) is 0.746. The summed E-state index contributed by atoms with van der Waals surface area (Å²) in [5.74, 6) is 0. The van der Waals surface area contributed by atoms with E-state index in [9.17, 15) is 0 Å². The van der Waals surface area contributed by atoms with E-state index < -0.39 is 0 Å². The molecule has 0 aliphatic carbocycles. The van der Waals surface area contributed by atoms with E-state index in [1.165, 1.54) is 16.7 Å². The first-order chi connectivity index (χ1) is 7.70. The van der Waals surface area contributed by atoms with E-state index in [2.05, 4.69) is 44.3 Å². The molecule has 1 aromatic carbocycles. The second-order valence-electron chi connectivity index (χ2n) is 4.21. The predicted octanol–water partition coefficient (Wildman–Crippen LogP) is 2.99. The van der Waals surface area contributed by atoms with Crippen LogP contribution in [0.15, 0.2) is 18.2 Å². The van der Waals surface area contributed by atoms with Gasteiger partial charge in [-0.05, 0) is 44.0 Å². The molecular weight excluding hydrogens is 198 g/mol. The highest BCUT2D eigenvalue weighted by atomic mass is 16.5. The lowest BCUT2D eigenvalue weighted by Crippen LogP contribution is -2.23. The van der Waals surface area contributed by atoms with Crippen LogP contribution in [0.4, 0.5) is 0 Å². The maximum Gasteiger partial charge on any atom is 0.0661 e. The zero-order chi connectivity index (χ0) is 12.0. The first-order valence-corrected chi connectivity index (χ1v) is 6.01. The van der Waals surface area contributed by atoms with E-state index in [-0.39, 0.29) is 0 Å². The lowest BCUT2D eigenvalue weighted by atomic mass is 9.98. The molecule has 1 rings (SSSR count). The lowest BCUT2D eigenvalue weighted by Gasteiger charge is -2.19. The molecule has 1 N–H and O–H groups in total. The van der Waals surface area contributed by atoms with Crippen LogP contribution in [-0.4, -0.2) is 20.3 Å². The molecule has 0 heterocycles. The number of hydrogen-bond acceptors (Lipinski definition) is 2. The standard InChI is InChI=1S/C14H23NO/c1-5-9-16-10-14(15-4)13-8-6-7-11(2)12(13)3/h6-8,14-15H,5,9-10H2,1-4H3. The van der Waals surface area contributed by atoms with Crippen molar-refractivity contribution in [1.82, 2.24) is 5.32 Å². The average molecular weight is 221 g/mol. The molecule has 1 aromatic rings. The number of benzene rings is 1. The van der Waals surface area contributed by atoms with Crippen LogP contribution in [0.1, 0.15) is 36.1 Å². The van der Waals surface area contributed by atoms with Gasteiger partial charge in [0, 0.05) is 6.61 Å². The lowest BCUT2D eigenvalue weighted by molar-refractivity contribution is 0.114. The van der Waals surface area contributed by atoms with Gasteiger partial charge in [0.15, 0.2) is 0 Å². The third-order valence-electron chi connectivity index (χ3n) is 3.00. The Bertz CT molecular complexity index is 323. The van der Waals surface area contributed by atoms with Gasteiger partial charge in [-0.15, -0.1) is 0 Å². The van der Waals surface area contributed by atoms with E-state index in [4.69, 9.17) is 4.74 Å². The summed E-state index contributed by atoms with van der Waals surface area (Å²) >= 11 is 0. The van der Waals surface area contributed by atoms with Crippen LogP contribution < -0.4 is 5.32 Å². The molecule has 1 unspecified atom stereocenters. The number of likely N-dealkylation sites (N-methyl/N-ethyl adjacent to an activating group) is 1. The monoisotopic (exact) mass is 221 g/mol. The SMILES string of the molecule is CCCOCC(NC)c1cccc(C)c1C. The number of aryl methyl sites for hydroxylation is 1. The molecule has 2 nitrogen and oxygen atoms in total. The first kappa shape index (κ1) is 13.2. The van der Waals surface area contributed by atoms with Crippen molar-refractivity contribution in [1.29, 1.82) is 0 Å². The van der Waals surface area contributed by atoms with Gasteiger partial charge in [-0.25, -0.2) is 0 Å². The van der Waals surface area contributed by atoms with E-state index in [1.54, 1.807) is 0 Å². The Hall–Kier alpha value is -0.860. The third kappa shape index (κ3) is 3.32. The summed E-state index contributed by atoms with van der Waals surface area (Å²) in [5, 5.41) is 3.32. The fourth-order valence-corrected chi connectivity index (χ4v) is 1.83. The Kier molecular flexibility index (Phi) is 5.50. The summed E-state index contributed by atoms with van der Waals surface area (Å²) in [6.07, 6.45) is 1.07. The van der Waals surface area contributed by atoms with Crippen molar-refractivity contribution in [2.45, 2.75) is 33.2 Å². The van der Waals surface area contributed by atoms with Crippen LogP contribution in [-0.2, 0) is 4.74 Å². The Balaban J connectivity index is 2.74. The van der Waals surface area contributed by atoms with Crippen LogP contribution in [0.5, 0.6) is 0 Å². The third-order valence-corrected chi connectivity index (χ3v) is 3.00. The fraction of sp³-hybridized carbons (Fsp3) is 0.571. The molecule has 2 heteroatoms. The van der Waals surface area contributed by atoms with Crippen LogP contribution in [0, 0.1) is 13.8 Å². The molecule has 0 bridgehead atoms. The van der Waals surface area contributed by atoms with E-state index in [0.717, 1.165) is 19.6 Å². The van der Waals surface area contributed by atoms with Gasteiger partial charge >= 0.3 is 0 Å². The van der Waals surface area contributed by atoms with Gasteiger partial charge in [0.1, 0.15) is 0 Å². The fourth-order valence-electron chi connectivity index (χ4n) is 1.83. The second kappa shape index (κ2) is 6.66. The van der Waals surface area contributed by atoms with Gasteiger partial charge in [0.05, 0.1) is 12.6 Å². The molecule has 0 saturated carbocycles. The Labute approximate surface area is 99.0 Å². The van der Waals surface area contributed by atoms with Crippen molar-refractivity contribution < 1.29 is 4.74 Å². The van der Waals surface area contributed by atoms with Gasteiger partial charge in [-0.3, -0.25) is 0 Å². The van der Waals surface area contributed by atoms with Crippen molar-refractivity contribution in [2.24, 2.45) is 0 Å². The highest BCUT2D eigenvalue weighted by molar-refractivity contribution is 5.35. The molecule has 0 aromatic heterocycles. The van der Waals surface area contributed by atoms with E-state index in [1.807, 2.05) is 7.05 Å². The van der Waals surface area contributed by atoms with Crippen molar-refractivity contribution in [3.05, 3.63) is 34.9 Å². The van der Waals surface area contributed by atoms with Gasteiger partial charge in [0.25, 0.3) is 0 Å². The summed E-state index contributed by atoms with van der Waals surface area (Å²) in [7, 11) is 1.99. The summed E-state index contributed by atoms with van der Waals surface area (Å²) in [6, 6.07) is 6.74. The molecule has 0 spiro atoms. The molecule has 1 atom stereocenters. The van der Waals surface area contributed by atoms with Gasteiger partial charge in [-0.1, -0.05) is 25.1 Å². The Morgan fingerprint density at radius 1 is 1.31 bits per heavy atom. The summed E-state index contributed by atoms with van der Waals surface area (Å²) in [6.45, 7) is 8.04. The van der Waals surface area contributed by atoms with Crippen LogP contribution in [0.3, 0.4) is 0 Å².